The zero-order valence-electron chi connectivity index (χ0n) is 11.9. The van der Waals surface area contributed by atoms with Crippen LogP contribution < -0.4 is 5.32 Å². The first-order valence-corrected chi connectivity index (χ1v) is 7.41. The molecule has 0 amide bonds. The second-order valence-electron chi connectivity index (χ2n) is 4.98. The van der Waals surface area contributed by atoms with E-state index in [9.17, 15) is 0 Å². The maximum Gasteiger partial charge on any atom is 0.139 e. The molecule has 6 heteroatoms. The van der Waals surface area contributed by atoms with Crippen LogP contribution in [0, 0.1) is 0 Å². The summed E-state index contributed by atoms with van der Waals surface area (Å²) < 4.78 is 1.03. The Bertz CT molecular complexity index is 684. The second-order valence-corrected chi connectivity index (χ2v) is 5.90. The molecule has 0 radical (unpaired) electrons. The number of nitrogens with one attached hydrogen (secondary N) is 1. The van der Waals surface area contributed by atoms with Crippen LogP contribution in [0.25, 0.3) is 6.08 Å². The predicted molar refractivity (Wildman–Crippen MR) is 87.7 cm³/mol. The Kier molecular flexibility index (Phi) is 3.90. The summed E-state index contributed by atoms with van der Waals surface area (Å²) in [4.78, 5) is 8.73. The molecule has 0 fully saturated rings. The normalized spacial score (nSPS) is 13.4. The van der Waals surface area contributed by atoms with E-state index < -0.39 is 0 Å². The molecule has 3 rings (SSSR count). The average Bonchev–Trinajstić information content (AvgIpc) is 2.47. The molecule has 1 aromatic carbocycles. The smallest absolute Gasteiger partial charge is 0.139 e. The lowest BCUT2D eigenvalue weighted by Crippen LogP contribution is -2.33. The van der Waals surface area contributed by atoms with Gasteiger partial charge in [-0.1, -0.05) is 22.0 Å². The van der Waals surface area contributed by atoms with E-state index in [0.29, 0.717) is 0 Å². The fourth-order valence-electron chi connectivity index (χ4n) is 2.18. The number of anilines is 2. The van der Waals surface area contributed by atoms with Gasteiger partial charge in [-0.05, 0) is 24.3 Å². The largest absolute Gasteiger partial charge is 0.340 e. The zero-order chi connectivity index (χ0) is 14.8. The molecule has 2 heterocycles. The van der Waals surface area contributed by atoms with E-state index in [1.54, 1.807) is 6.33 Å². The first kappa shape index (κ1) is 14.0. The van der Waals surface area contributed by atoms with Crippen molar-refractivity contribution >= 4 is 33.5 Å². The van der Waals surface area contributed by atoms with Crippen LogP contribution >= 0.6 is 15.9 Å². The molecule has 2 aromatic rings. The van der Waals surface area contributed by atoms with Gasteiger partial charge in [0, 0.05) is 36.0 Å². The van der Waals surface area contributed by atoms with Gasteiger partial charge >= 0.3 is 0 Å². The number of halogens is 1. The van der Waals surface area contributed by atoms with E-state index in [2.05, 4.69) is 36.2 Å². The summed E-state index contributed by atoms with van der Waals surface area (Å²) in [7, 11) is 4.03. The van der Waals surface area contributed by atoms with Crippen molar-refractivity contribution in [3.05, 3.63) is 52.5 Å². The summed E-state index contributed by atoms with van der Waals surface area (Å²) >= 11 is 3.48. The molecule has 0 saturated carbocycles. The summed E-state index contributed by atoms with van der Waals surface area (Å²) in [6.07, 6.45) is 5.62. The molecule has 1 aromatic heterocycles. The highest BCUT2D eigenvalue weighted by atomic mass is 79.9. The molecule has 1 N–H and O–H groups in total. The van der Waals surface area contributed by atoms with E-state index in [-0.39, 0.29) is 0 Å². The van der Waals surface area contributed by atoms with E-state index in [0.717, 1.165) is 33.8 Å². The van der Waals surface area contributed by atoms with Gasteiger partial charge < -0.3 is 10.3 Å². The van der Waals surface area contributed by atoms with Crippen molar-refractivity contribution in [2.75, 3.05) is 19.4 Å². The van der Waals surface area contributed by atoms with Gasteiger partial charge in [0.15, 0.2) is 0 Å². The van der Waals surface area contributed by atoms with Gasteiger partial charge in [-0.3, -0.25) is 0 Å². The van der Waals surface area contributed by atoms with E-state index in [1.165, 1.54) is 0 Å². The first-order valence-electron chi connectivity index (χ1n) is 6.62. The number of rotatable bonds is 3. The summed E-state index contributed by atoms with van der Waals surface area (Å²) in [5.74, 6) is 0.842. The minimum Gasteiger partial charge on any atom is -0.340 e. The number of aromatic nitrogens is 2. The van der Waals surface area contributed by atoms with Gasteiger partial charge in [0.05, 0.1) is 12.2 Å². The quantitative estimate of drug-likeness (QED) is 0.924. The van der Waals surface area contributed by atoms with E-state index >= 15 is 0 Å². The minimum atomic E-state index is 0.746. The van der Waals surface area contributed by atoms with Crippen molar-refractivity contribution in [1.82, 2.24) is 20.0 Å². The Morgan fingerprint density at radius 2 is 2.14 bits per heavy atom. The highest BCUT2D eigenvalue weighted by Crippen LogP contribution is 2.27. The third kappa shape index (κ3) is 3.06. The topological polar surface area (TPSA) is 44.3 Å². The molecule has 1 aliphatic rings. The second kappa shape index (κ2) is 5.83. The lowest BCUT2D eigenvalue weighted by atomic mass is 10.1. The highest BCUT2D eigenvalue weighted by Gasteiger charge is 2.17. The van der Waals surface area contributed by atoms with Gasteiger partial charge in [0.2, 0.25) is 0 Å². The zero-order valence-corrected chi connectivity index (χ0v) is 13.5. The van der Waals surface area contributed by atoms with Crippen LogP contribution in [0.5, 0.6) is 0 Å². The molecule has 1 aliphatic heterocycles. The monoisotopic (exact) mass is 345 g/mol. The fourth-order valence-corrected chi connectivity index (χ4v) is 2.58. The SMILES string of the molecule is CN(C)N1C=Cc2ncnc(Nc3cccc(Br)c3)c2C1. The number of hydrogen-bond acceptors (Lipinski definition) is 5. The molecule has 0 spiro atoms. The Morgan fingerprint density at radius 1 is 1.29 bits per heavy atom. The Hall–Kier alpha value is -1.92. The lowest BCUT2D eigenvalue weighted by molar-refractivity contribution is 0.0733. The van der Waals surface area contributed by atoms with E-state index in [1.807, 2.05) is 55.6 Å². The number of fused-ring (bicyclic) bond motifs is 1. The number of nitrogens with zero attached hydrogens (tertiary/aromatic N) is 4. The van der Waals surface area contributed by atoms with E-state index in [4.69, 9.17) is 0 Å². The Balaban J connectivity index is 1.93. The lowest BCUT2D eigenvalue weighted by Gasteiger charge is -2.31. The van der Waals surface area contributed by atoms with Crippen molar-refractivity contribution in [2.24, 2.45) is 0 Å². The summed E-state index contributed by atoms with van der Waals surface area (Å²) in [5, 5.41) is 7.52. The maximum atomic E-state index is 4.39. The molecule has 21 heavy (non-hydrogen) atoms. The summed E-state index contributed by atoms with van der Waals surface area (Å²) in [5.41, 5.74) is 3.05. The number of hydrazine groups is 1. The van der Waals surface area contributed by atoms with Crippen LogP contribution in [0.15, 0.2) is 41.3 Å². The molecule has 0 saturated heterocycles. The fraction of sp³-hybridized carbons (Fsp3) is 0.200. The van der Waals surface area contributed by atoms with Crippen molar-refractivity contribution < 1.29 is 0 Å². The van der Waals surface area contributed by atoms with Crippen molar-refractivity contribution in [3.8, 4) is 0 Å². The summed E-state index contributed by atoms with van der Waals surface area (Å²) in [6, 6.07) is 8.03. The van der Waals surface area contributed by atoms with Crippen LogP contribution in [-0.2, 0) is 6.54 Å². The molecule has 0 unspecified atom stereocenters. The predicted octanol–water partition coefficient (Wildman–Crippen LogP) is 3.25. The first-order chi connectivity index (χ1) is 10.1. The van der Waals surface area contributed by atoms with Crippen LogP contribution in [0.3, 0.4) is 0 Å². The van der Waals surface area contributed by atoms with Crippen LogP contribution in [-0.4, -0.2) is 34.1 Å². The minimum absolute atomic E-state index is 0.746. The molecule has 0 bridgehead atoms. The van der Waals surface area contributed by atoms with Gasteiger partial charge in [-0.25, -0.2) is 15.0 Å². The highest BCUT2D eigenvalue weighted by molar-refractivity contribution is 9.10. The molecular formula is C15H16BrN5. The van der Waals surface area contributed by atoms with Crippen LogP contribution in [0.2, 0.25) is 0 Å². The molecule has 0 atom stereocenters. The average molecular weight is 346 g/mol. The molecule has 0 aliphatic carbocycles. The van der Waals surface area contributed by atoms with Gasteiger partial charge in [-0.15, -0.1) is 0 Å². The third-order valence-electron chi connectivity index (χ3n) is 3.30. The maximum absolute atomic E-state index is 4.39. The third-order valence-corrected chi connectivity index (χ3v) is 3.80. The standard InChI is InChI=1S/C15H16BrN5/c1-20(2)21-7-6-14-13(9-21)15(18-10-17-14)19-12-5-3-4-11(16)8-12/h3-8,10H,9H2,1-2H3,(H,17,18,19). The van der Waals surface area contributed by atoms with Gasteiger partial charge in [-0.2, -0.15) is 0 Å². The van der Waals surface area contributed by atoms with Gasteiger partial charge in [0.1, 0.15) is 12.1 Å². The molecule has 5 nitrogen and oxygen atoms in total. The Morgan fingerprint density at radius 3 is 2.90 bits per heavy atom. The number of hydrogen-bond donors (Lipinski definition) is 1. The van der Waals surface area contributed by atoms with Crippen molar-refractivity contribution in [2.45, 2.75) is 6.54 Å². The van der Waals surface area contributed by atoms with Gasteiger partial charge in [0.25, 0.3) is 0 Å². The molecule has 108 valence electrons. The Labute approximate surface area is 132 Å². The molecular weight excluding hydrogens is 330 g/mol. The van der Waals surface area contributed by atoms with Crippen molar-refractivity contribution in [3.63, 3.8) is 0 Å². The van der Waals surface area contributed by atoms with Crippen LogP contribution in [0.1, 0.15) is 11.3 Å². The summed E-state index contributed by atoms with van der Waals surface area (Å²) in [6.45, 7) is 0.746. The number of benzene rings is 1. The van der Waals surface area contributed by atoms with Crippen LogP contribution in [0.4, 0.5) is 11.5 Å². The van der Waals surface area contributed by atoms with Crippen molar-refractivity contribution in [1.29, 1.82) is 0 Å².